The Morgan fingerprint density at radius 2 is 2.00 bits per heavy atom. The predicted octanol–water partition coefficient (Wildman–Crippen LogP) is 2.24. The highest BCUT2D eigenvalue weighted by Crippen LogP contribution is 2.18. The molecule has 0 spiro atoms. The number of nitrogens with one attached hydrogen (secondary N) is 1. The summed E-state index contributed by atoms with van der Waals surface area (Å²) in [6, 6.07) is 12.9. The van der Waals surface area contributed by atoms with Crippen molar-refractivity contribution < 1.29 is 14.0 Å². The fraction of sp³-hybridized carbons (Fsp3) is 0.333. The van der Waals surface area contributed by atoms with Gasteiger partial charge in [0.2, 0.25) is 11.7 Å². The van der Waals surface area contributed by atoms with E-state index in [2.05, 4.69) is 5.32 Å². The maximum absolute atomic E-state index is 12.4. The second-order valence-electron chi connectivity index (χ2n) is 5.73. The van der Waals surface area contributed by atoms with Gasteiger partial charge in [0.05, 0.1) is 18.8 Å². The minimum Gasteiger partial charge on any atom is -0.461 e. The molecule has 5 nitrogen and oxygen atoms in total. The van der Waals surface area contributed by atoms with Gasteiger partial charge in [-0.15, -0.1) is 0 Å². The number of amides is 1. The number of hydrogen-bond donors (Lipinski definition) is 1. The number of likely N-dealkylation sites (tertiary alicyclic amines) is 1. The Kier molecular flexibility index (Phi) is 4.88. The van der Waals surface area contributed by atoms with Crippen LogP contribution in [0.1, 0.15) is 29.0 Å². The number of hydrogen-bond acceptors (Lipinski definition) is 4. The number of Topliss-reactive ketones (excluding diaryl/α,β-unsaturated/α-hetero) is 1. The van der Waals surface area contributed by atoms with E-state index in [0.717, 1.165) is 24.9 Å². The van der Waals surface area contributed by atoms with Crippen molar-refractivity contribution >= 4 is 11.7 Å². The van der Waals surface area contributed by atoms with E-state index in [1.807, 2.05) is 35.2 Å². The van der Waals surface area contributed by atoms with Crippen molar-refractivity contribution in [2.45, 2.75) is 25.4 Å². The molecule has 0 radical (unpaired) electrons. The number of carbonyl (C=O) groups is 2. The first kappa shape index (κ1) is 15.5. The van der Waals surface area contributed by atoms with Crippen molar-refractivity contribution in [1.29, 1.82) is 0 Å². The second kappa shape index (κ2) is 7.24. The normalized spacial score (nSPS) is 18.0. The summed E-state index contributed by atoms with van der Waals surface area (Å²) < 4.78 is 5.13. The van der Waals surface area contributed by atoms with Gasteiger partial charge in [0, 0.05) is 6.54 Å². The van der Waals surface area contributed by atoms with Crippen LogP contribution in [-0.2, 0) is 11.3 Å². The molecular weight excluding hydrogens is 292 g/mol. The molecule has 0 unspecified atom stereocenters. The molecule has 2 heterocycles. The van der Waals surface area contributed by atoms with Crippen LogP contribution >= 0.6 is 0 Å². The molecule has 1 N–H and O–H groups in total. The third kappa shape index (κ3) is 3.87. The molecule has 0 bridgehead atoms. The monoisotopic (exact) mass is 312 g/mol. The third-order valence-corrected chi connectivity index (χ3v) is 4.12. The van der Waals surface area contributed by atoms with Crippen molar-refractivity contribution in [3.8, 4) is 0 Å². The minimum absolute atomic E-state index is 0.0152. The molecule has 1 fully saturated rings. The van der Waals surface area contributed by atoms with Crippen LogP contribution in [0.5, 0.6) is 0 Å². The average Bonchev–Trinajstić information content (AvgIpc) is 3.25. The number of nitrogens with zero attached hydrogens (tertiary/aromatic N) is 1. The van der Waals surface area contributed by atoms with E-state index in [9.17, 15) is 9.59 Å². The minimum atomic E-state index is -0.238. The van der Waals surface area contributed by atoms with E-state index in [0.29, 0.717) is 12.3 Å². The molecule has 120 valence electrons. The summed E-state index contributed by atoms with van der Waals surface area (Å²) in [5, 5.41) is 2.96. The number of carbonyl (C=O) groups excluding carboxylic acids is 2. The van der Waals surface area contributed by atoms with Gasteiger partial charge in [-0.25, -0.2) is 0 Å². The Labute approximate surface area is 135 Å². The summed E-state index contributed by atoms with van der Waals surface area (Å²) in [6.45, 7) is 1.49. The fourth-order valence-corrected chi connectivity index (χ4v) is 2.91. The summed E-state index contributed by atoms with van der Waals surface area (Å²) >= 11 is 0. The fourth-order valence-electron chi connectivity index (χ4n) is 2.91. The van der Waals surface area contributed by atoms with Crippen LogP contribution in [0.3, 0.4) is 0 Å². The zero-order chi connectivity index (χ0) is 16.1. The molecule has 1 aromatic heterocycles. The number of benzene rings is 1. The highest BCUT2D eigenvalue weighted by molar-refractivity contribution is 5.95. The Bertz CT molecular complexity index is 652. The molecule has 1 saturated heterocycles. The van der Waals surface area contributed by atoms with Crippen molar-refractivity contribution in [3.05, 3.63) is 60.1 Å². The Balaban J connectivity index is 1.55. The Morgan fingerprint density at radius 1 is 1.17 bits per heavy atom. The van der Waals surface area contributed by atoms with E-state index in [-0.39, 0.29) is 24.3 Å². The van der Waals surface area contributed by atoms with Gasteiger partial charge in [0.15, 0.2) is 5.76 Å². The lowest BCUT2D eigenvalue weighted by atomic mass is 10.1. The quantitative estimate of drug-likeness (QED) is 0.831. The highest BCUT2D eigenvalue weighted by Gasteiger charge is 2.32. The predicted molar refractivity (Wildman–Crippen MR) is 85.9 cm³/mol. The Morgan fingerprint density at radius 3 is 2.74 bits per heavy atom. The molecule has 0 saturated carbocycles. The largest absolute Gasteiger partial charge is 0.461 e. The second-order valence-corrected chi connectivity index (χ2v) is 5.73. The van der Waals surface area contributed by atoms with Gasteiger partial charge in [0.25, 0.3) is 0 Å². The van der Waals surface area contributed by atoms with E-state index in [1.54, 1.807) is 12.1 Å². The molecule has 1 amide bonds. The van der Waals surface area contributed by atoms with Crippen LogP contribution in [0.15, 0.2) is 53.1 Å². The lowest BCUT2D eigenvalue weighted by Gasteiger charge is -2.22. The topological polar surface area (TPSA) is 62.6 Å². The molecule has 2 aromatic rings. The maximum Gasteiger partial charge on any atom is 0.237 e. The summed E-state index contributed by atoms with van der Waals surface area (Å²) in [4.78, 5) is 26.5. The van der Waals surface area contributed by atoms with Crippen molar-refractivity contribution in [3.63, 3.8) is 0 Å². The molecule has 1 aliphatic heterocycles. The molecule has 5 heteroatoms. The zero-order valence-electron chi connectivity index (χ0n) is 12.9. The van der Waals surface area contributed by atoms with Gasteiger partial charge < -0.3 is 9.73 Å². The Hall–Kier alpha value is -2.40. The van der Waals surface area contributed by atoms with Crippen LogP contribution in [0.25, 0.3) is 0 Å². The lowest BCUT2D eigenvalue weighted by Crippen LogP contribution is -2.44. The SMILES string of the molecule is O=C(CN1CCC[C@H]1C(=O)NCc1ccccc1)c1ccco1. The number of ketones is 1. The smallest absolute Gasteiger partial charge is 0.237 e. The van der Waals surface area contributed by atoms with Crippen molar-refractivity contribution in [2.24, 2.45) is 0 Å². The summed E-state index contributed by atoms with van der Waals surface area (Å²) in [7, 11) is 0. The van der Waals surface area contributed by atoms with Crippen LogP contribution in [0, 0.1) is 0 Å². The van der Waals surface area contributed by atoms with Gasteiger partial charge in [-0.3, -0.25) is 14.5 Å². The van der Waals surface area contributed by atoms with Gasteiger partial charge >= 0.3 is 0 Å². The number of rotatable bonds is 6. The van der Waals surface area contributed by atoms with Crippen molar-refractivity contribution in [1.82, 2.24) is 10.2 Å². The van der Waals surface area contributed by atoms with Gasteiger partial charge in [-0.05, 0) is 37.1 Å². The average molecular weight is 312 g/mol. The standard InChI is InChI=1S/C18H20N2O3/c21-16(17-9-5-11-23-17)13-20-10-4-8-15(20)18(22)19-12-14-6-2-1-3-7-14/h1-3,5-7,9,11,15H,4,8,10,12-13H2,(H,19,22)/t15-/m0/s1. The lowest BCUT2D eigenvalue weighted by molar-refractivity contribution is -0.125. The van der Waals surface area contributed by atoms with E-state index in [4.69, 9.17) is 4.42 Å². The first-order valence-corrected chi connectivity index (χ1v) is 7.86. The van der Waals surface area contributed by atoms with E-state index >= 15 is 0 Å². The molecule has 23 heavy (non-hydrogen) atoms. The summed E-state index contributed by atoms with van der Waals surface area (Å²) in [5.41, 5.74) is 1.07. The summed E-state index contributed by atoms with van der Waals surface area (Å²) in [6.07, 6.45) is 3.20. The van der Waals surface area contributed by atoms with Gasteiger partial charge in [0.1, 0.15) is 0 Å². The maximum atomic E-state index is 12.4. The van der Waals surface area contributed by atoms with Crippen LogP contribution in [0.2, 0.25) is 0 Å². The third-order valence-electron chi connectivity index (χ3n) is 4.12. The molecule has 0 aliphatic carbocycles. The molecule has 3 rings (SSSR count). The molecule has 1 aliphatic rings. The van der Waals surface area contributed by atoms with Crippen LogP contribution in [0.4, 0.5) is 0 Å². The number of furan rings is 1. The van der Waals surface area contributed by atoms with Crippen LogP contribution in [-0.4, -0.2) is 35.7 Å². The first-order chi connectivity index (χ1) is 11.2. The highest BCUT2D eigenvalue weighted by atomic mass is 16.3. The molecule has 1 aromatic carbocycles. The van der Waals surface area contributed by atoms with Crippen molar-refractivity contribution in [2.75, 3.05) is 13.1 Å². The van der Waals surface area contributed by atoms with Crippen LogP contribution < -0.4 is 5.32 Å². The zero-order valence-corrected chi connectivity index (χ0v) is 12.9. The first-order valence-electron chi connectivity index (χ1n) is 7.86. The summed E-state index contributed by atoms with van der Waals surface area (Å²) in [5.74, 6) is 0.247. The molecular formula is C18H20N2O3. The van der Waals surface area contributed by atoms with Gasteiger partial charge in [-0.1, -0.05) is 30.3 Å². The van der Waals surface area contributed by atoms with E-state index < -0.39 is 0 Å². The van der Waals surface area contributed by atoms with E-state index in [1.165, 1.54) is 6.26 Å². The molecule has 1 atom stereocenters. The van der Waals surface area contributed by atoms with Gasteiger partial charge in [-0.2, -0.15) is 0 Å².